The topological polar surface area (TPSA) is 1030 Å². The summed E-state index contributed by atoms with van der Waals surface area (Å²) in [6, 6.07) is -29.2. The number of nitrogens with one attached hydrogen (secondary N) is 24. The van der Waals surface area contributed by atoms with E-state index in [1.807, 2.05) is 47.9 Å². The zero-order chi connectivity index (χ0) is 109. The fraction of sp³-hybridized carbons (Fsp3) is 0.667. The predicted octanol–water partition coefficient (Wildman–Crippen LogP) is -23.6. The Hall–Kier alpha value is -14.3. The van der Waals surface area contributed by atoms with Gasteiger partial charge in [-0.25, -0.2) is 0 Å². The zero-order valence-electron chi connectivity index (χ0n) is 79.1. The fourth-order valence-electron chi connectivity index (χ4n) is 11.3. The minimum absolute atomic E-state index is 0.0946. The molecule has 0 heterocycles. The number of hydrogen-bond donors (Lipinski definition) is 38. The largest absolute Gasteiger partial charge is 0.481 e. The first-order valence-electron chi connectivity index (χ1n) is 43.6. The van der Waals surface area contributed by atoms with Gasteiger partial charge in [0, 0.05) is 6.42 Å². The summed E-state index contributed by atoms with van der Waals surface area (Å²) in [6.45, 7) is -0.0379. The average Bonchev–Trinajstić information content (AvgIpc) is 0.841. The van der Waals surface area contributed by atoms with Crippen molar-refractivity contribution in [3.63, 3.8) is 0 Å². The van der Waals surface area contributed by atoms with Crippen LogP contribution in [0.2, 0.25) is 0 Å². The maximum Gasteiger partial charge on any atom is 0.322 e. The molecule has 0 aromatic heterocycles. The first kappa shape index (κ1) is 128. The minimum atomic E-state index is -2.14. The molecule has 0 saturated heterocycles. The molecule has 0 aliphatic heterocycles. The molecule has 142 heavy (non-hydrogen) atoms. The molecule has 40 N–H and O–H groups in total. The molecule has 0 aromatic rings. The van der Waals surface area contributed by atoms with Crippen molar-refractivity contribution < 1.29 is 186 Å². The van der Waals surface area contributed by atoms with Gasteiger partial charge in [-0.05, 0) is 108 Å². The predicted molar refractivity (Wildman–Crippen MR) is 477 cm³/mol. The van der Waals surface area contributed by atoms with Gasteiger partial charge in [0.25, 0.3) is 0 Å². The third-order valence-corrected chi connectivity index (χ3v) is 19.5. The van der Waals surface area contributed by atoms with Crippen LogP contribution < -0.4 is 139 Å². The second kappa shape index (κ2) is 65.6. The Labute approximate surface area is 808 Å². The van der Waals surface area contributed by atoms with Gasteiger partial charge >= 0.3 is 11.9 Å². The normalized spacial score (nSPS) is 15.8. The number of carbonyl (C=O) groups excluding carboxylic acids is 24. The first-order valence-corrected chi connectivity index (χ1v) is 43.6. The third-order valence-electron chi connectivity index (χ3n) is 19.5. The van der Waals surface area contributed by atoms with Gasteiger partial charge in [-0.1, -0.05) is 0 Å². The van der Waals surface area contributed by atoms with E-state index < -0.39 is 378 Å². The van der Waals surface area contributed by atoms with Gasteiger partial charge in [-0.15, -0.1) is 0 Å². The number of nitrogens with two attached hydrogens (primary N) is 2. The molecule has 0 aromatic carbocycles. The molecule has 0 saturated carbocycles. The Bertz CT molecular complexity index is 4390. The van der Waals surface area contributed by atoms with Crippen LogP contribution in [0.1, 0.15) is 108 Å². The lowest BCUT2D eigenvalue weighted by molar-refractivity contribution is -0.139. The van der Waals surface area contributed by atoms with Crippen LogP contribution in [0.15, 0.2) is 0 Å². The van der Waals surface area contributed by atoms with Gasteiger partial charge < -0.3 is 200 Å². The van der Waals surface area contributed by atoms with E-state index in [0.717, 1.165) is 55.4 Å². The second-order valence-corrected chi connectivity index (χ2v) is 31.9. The molecular weight excluding hydrogens is 1910 g/mol. The number of aliphatic hydroxyl groups excluding tert-OH is 10. The van der Waals surface area contributed by atoms with Crippen molar-refractivity contribution in [1.29, 1.82) is 0 Å². The fourth-order valence-corrected chi connectivity index (χ4v) is 11.3. The number of carbonyl (C=O) groups is 26. The molecule has 64 nitrogen and oxygen atoms in total. The molecule has 24 amide bonds. The summed E-state index contributed by atoms with van der Waals surface area (Å²) in [6.07, 6.45) is -10.8. The van der Waals surface area contributed by atoms with Crippen molar-refractivity contribution in [2.75, 3.05) is 85.3 Å². The summed E-state index contributed by atoms with van der Waals surface area (Å²) >= 11 is 0. The lowest BCUT2D eigenvalue weighted by atomic mass is 10.1. The molecule has 0 fully saturated rings. The SMILES string of the molecule is C[C@H](NC(=O)CNC(=O)[C@H](CO)NC(=O)[C@H](CO)NC(=O)[C@@H](NC(=O)[C@@H](NC(=O)[C@@H](NC(=O)CNC(=O)[C@H](CO)NC(=O)[C@@H](NC(=O)CNC(=O)CNC(=O)[C@H](C)NC(=O)[C@@H](N)CCC(=O)O)[C@@H](C)O)[C@@H](C)O)[C@@H](C)O)[C@@H](C)O)C(=O)N[C@@H](C)C(=O)N[C@@H](CO)C(=O)NCC(=O)N[C@@H](CCCCN)C(=O)N[C@@H](C)C(=O)NCC(=O)N[C@H](C(=O)NCC(=O)N[C@H](C(=O)N[C@@H](C)C(=O)NCC(=O)O)[C@@H](C)O)[C@@H](C)O. The standard InChI is InChI=1S/C78H132N26O38/c1-30(91-67(131)41(80)15-16-54(122)123)62(126)82-18-47(115)81-19-50(118)100-58(37(8)111)75(139)97-45(28-107)70(134)86-23-52(120)102-59(38(9)112)77(141)104-61(40(11)114)78(142)103-60(39(10)113)76(140)98-46(29-108)72(136)96-44(27-106)69(133)84-20-48(116)89-33(4)65(129)90-34(5)66(130)95-43(26-105)68(132)85-21-49(117)94-42(14-12-13-17-79)71(135)92-31(2)63(127)83-22-51(119)99-56(35(6)109)73(137)87-24-53(121)101-57(36(7)110)74(138)93-32(3)64(128)88-25-55(124)125/h30-46,56-61,105-114H,12-29,79-80H2,1-11H3,(H,81,115)(H,82,126)(H,83,127)(H,84,133)(H,85,132)(H,86,134)(H,87,137)(H,88,128)(H,89,116)(H,90,129)(H,91,131)(H,92,135)(H,93,138)(H,94,117)(H,95,130)(H,96,136)(H,97,139)(H,98,140)(H,99,119)(H,100,118)(H,101,121)(H,102,120)(H,103,142)(H,104,141)(H,122,123)(H,124,125)/t30-,31-,32-,33-,34-,35+,36+,37+,38+,39+,40+,41-,42-,43-,44-,45-,46-,56-,57-,58-,59-,60-,61-/m0/s1. The van der Waals surface area contributed by atoms with Crippen LogP contribution in [0.5, 0.6) is 0 Å². The molecule has 802 valence electrons. The number of carboxylic acids is 2. The highest BCUT2D eigenvalue weighted by molar-refractivity contribution is 6.02. The molecule has 0 aliphatic rings. The molecule has 0 radical (unpaired) electrons. The van der Waals surface area contributed by atoms with Gasteiger partial charge in [0.2, 0.25) is 142 Å². The summed E-state index contributed by atoms with van der Waals surface area (Å²) in [5, 5.41) is 171. The number of aliphatic carboxylic acids is 2. The van der Waals surface area contributed by atoms with Crippen LogP contribution in [0.4, 0.5) is 0 Å². The van der Waals surface area contributed by atoms with Crippen LogP contribution in [-0.2, 0) is 125 Å². The molecule has 0 spiro atoms. The minimum Gasteiger partial charge on any atom is -0.481 e. The van der Waals surface area contributed by atoms with E-state index in [1.54, 1.807) is 0 Å². The summed E-state index contributed by atoms with van der Waals surface area (Å²) in [7, 11) is 0. The Morgan fingerprint density at radius 1 is 0.218 bits per heavy atom. The maximum absolute atomic E-state index is 13.6. The van der Waals surface area contributed by atoms with Crippen molar-refractivity contribution in [2.45, 2.75) is 248 Å². The third kappa shape index (κ3) is 49.0. The number of hydrogen-bond acceptors (Lipinski definition) is 38. The smallest absolute Gasteiger partial charge is 0.322 e. The Kier molecular flexibility index (Phi) is 59.0. The summed E-state index contributed by atoms with van der Waals surface area (Å²) in [5.41, 5.74) is 11.2. The van der Waals surface area contributed by atoms with Crippen LogP contribution in [0.3, 0.4) is 0 Å². The second-order valence-electron chi connectivity index (χ2n) is 31.9. The number of amides is 24. The lowest BCUT2D eigenvalue weighted by Crippen LogP contribution is -2.64. The maximum atomic E-state index is 13.6. The van der Waals surface area contributed by atoms with Crippen LogP contribution >= 0.6 is 0 Å². The lowest BCUT2D eigenvalue weighted by Gasteiger charge is -2.29. The van der Waals surface area contributed by atoms with Crippen LogP contribution in [0.25, 0.3) is 0 Å². The quantitative estimate of drug-likeness (QED) is 0.0251. The number of carboxylic acid groups (broad SMARTS) is 2. The molecule has 23 atom stereocenters. The molecule has 0 unspecified atom stereocenters. The molecular formula is C78H132N26O38. The van der Waals surface area contributed by atoms with Crippen molar-refractivity contribution >= 4 is 154 Å². The molecule has 0 rings (SSSR count). The van der Waals surface area contributed by atoms with Crippen molar-refractivity contribution in [3.05, 3.63) is 0 Å². The van der Waals surface area contributed by atoms with E-state index in [-0.39, 0.29) is 25.8 Å². The van der Waals surface area contributed by atoms with Gasteiger partial charge in [-0.3, -0.25) is 125 Å². The molecule has 0 bridgehead atoms. The van der Waals surface area contributed by atoms with Gasteiger partial charge in [-0.2, -0.15) is 0 Å². The zero-order valence-corrected chi connectivity index (χ0v) is 79.1. The van der Waals surface area contributed by atoms with Crippen LogP contribution in [0, 0.1) is 0 Å². The molecule has 64 heteroatoms. The summed E-state index contributed by atoms with van der Waals surface area (Å²) in [5.74, 6) is -30.2. The van der Waals surface area contributed by atoms with E-state index in [1.165, 1.54) is 20.8 Å². The van der Waals surface area contributed by atoms with E-state index in [4.69, 9.17) is 21.7 Å². The van der Waals surface area contributed by atoms with E-state index in [9.17, 15) is 176 Å². The van der Waals surface area contributed by atoms with Crippen molar-refractivity contribution in [3.8, 4) is 0 Å². The van der Waals surface area contributed by atoms with Crippen molar-refractivity contribution in [2.24, 2.45) is 11.5 Å². The Morgan fingerprint density at radius 2 is 0.458 bits per heavy atom. The van der Waals surface area contributed by atoms with Crippen molar-refractivity contribution in [1.82, 2.24) is 128 Å². The Balaban J connectivity index is 5.62. The highest BCUT2D eigenvalue weighted by Crippen LogP contribution is 2.08. The van der Waals surface area contributed by atoms with E-state index in [0.29, 0.717) is 6.42 Å². The number of unbranched alkanes of at least 4 members (excludes halogenated alkanes) is 1. The first-order chi connectivity index (χ1) is 66.2. The average molecular weight is 2040 g/mol. The summed E-state index contributed by atoms with van der Waals surface area (Å²) < 4.78 is 0. The highest BCUT2D eigenvalue weighted by atomic mass is 16.4. The molecule has 0 aliphatic carbocycles. The summed E-state index contributed by atoms with van der Waals surface area (Å²) in [4.78, 5) is 333. The van der Waals surface area contributed by atoms with E-state index in [2.05, 4.69) is 79.8 Å². The van der Waals surface area contributed by atoms with Gasteiger partial charge in [0.05, 0.1) is 115 Å². The number of rotatable bonds is 66. The highest BCUT2D eigenvalue weighted by Gasteiger charge is 2.40. The van der Waals surface area contributed by atoms with Crippen LogP contribution in [-0.4, -0.2) is 440 Å². The Morgan fingerprint density at radius 3 is 0.810 bits per heavy atom. The monoisotopic (exact) mass is 2040 g/mol. The number of aliphatic hydroxyl groups is 10. The van der Waals surface area contributed by atoms with Gasteiger partial charge in [0.1, 0.15) is 103 Å². The van der Waals surface area contributed by atoms with Gasteiger partial charge in [0.15, 0.2) is 0 Å². The van der Waals surface area contributed by atoms with E-state index >= 15 is 0 Å².